The first-order valence-corrected chi connectivity index (χ1v) is 37.3. The van der Waals surface area contributed by atoms with Crippen molar-refractivity contribution < 1.29 is 0 Å². The van der Waals surface area contributed by atoms with Gasteiger partial charge in [0.1, 0.15) is 12.7 Å². The monoisotopic (exact) mass is 1470 g/mol. The van der Waals surface area contributed by atoms with Crippen LogP contribution in [0.3, 0.4) is 0 Å². The Balaban J connectivity index is 0.000000107. The molecule has 538 valence electrons. The van der Waals surface area contributed by atoms with Gasteiger partial charge in [-0.15, -0.1) is 0 Å². The molecule has 17 heterocycles. The standard InChI is InChI=1S/C39H24N6.C34H24N6.C20H13N9/c1-2-9-25(10-3-1)43-32-18-16-27(24-29(32)38-35(43)14-7-21-41-38)45-33-19-17-26(23-30(33)39-36(45)15-8-22-42-39)44-31-12-5-4-11-28(31)37-34(44)13-6-20-40-37;1-21-15-23(39-31-7-11-35-17-27(31)28-18-36-12-8-32(28)39)3-5-25(21)26-6-4-24(16-22(26)2)40-33-9-13-37-19-29(33)30-20-38-14-10-34(30)40;1-2-5-15-14(4-1)17-16(6-3-7-23-17)29(15)20-25-18(27-10-8-21-12-27)24-19(26-20)28-11-9-22-13-28/h1-24H;3-20H,1-2H3;1-13H. The van der Waals surface area contributed by atoms with Crippen LogP contribution in [0, 0.1) is 13.8 Å². The SMILES string of the molecule is Cc1cc(-n2c3ccncc3c3cnccc32)ccc1-c1ccc(-n2c3ccncc3c3cnccc32)cc1C.c1ccc(-n2c3ccc(-n4c5ccc(-n6c7ccccc7c7ncccc76)cc5c5ncccc54)cc3c3ncccc32)cc1.c1ccc2c(c1)c1ncccc1n2-c1nc(-n2ccnc2)nc(-n2ccnc2)n1. The van der Waals surface area contributed by atoms with Crippen LogP contribution in [0.4, 0.5) is 0 Å². The molecule has 0 unspecified atom stereocenters. The van der Waals surface area contributed by atoms with Gasteiger partial charge in [-0.25, -0.2) is 9.97 Å². The molecule has 21 nitrogen and oxygen atoms in total. The van der Waals surface area contributed by atoms with E-state index in [0.29, 0.717) is 17.8 Å². The summed E-state index contributed by atoms with van der Waals surface area (Å²) in [4.78, 5) is 58.8. The first kappa shape index (κ1) is 65.1. The van der Waals surface area contributed by atoms with Crippen molar-refractivity contribution in [1.29, 1.82) is 0 Å². The Hall–Kier alpha value is -16.0. The van der Waals surface area contributed by atoms with Crippen LogP contribution in [0.2, 0.25) is 0 Å². The molecule has 0 N–H and O–H groups in total. The summed E-state index contributed by atoms with van der Waals surface area (Å²) in [7, 11) is 0. The summed E-state index contributed by atoms with van der Waals surface area (Å²) in [5.41, 5.74) is 27.3. The highest BCUT2D eigenvalue weighted by atomic mass is 15.3. The number of hydrogen-bond donors (Lipinski definition) is 0. The van der Waals surface area contributed by atoms with Gasteiger partial charge in [-0.1, -0.05) is 66.7 Å². The second kappa shape index (κ2) is 26.4. The molecule has 0 spiro atoms. The molecule has 114 heavy (non-hydrogen) atoms. The summed E-state index contributed by atoms with van der Waals surface area (Å²) < 4.78 is 17.0. The molecule has 0 amide bonds. The topological polar surface area (TPSA) is 207 Å². The first-order valence-electron chi connectivity index (χ1n) is 37.3. The minimum Gasteiger partial charge on any atom is -0.309 e. The Morgan fingerprint density at radius 2 is 0.544 bits per heavy atom. The Labute approximate surface area is 647 Å². The number of benzene rings is 7. The molecule has 7 aromatic carbocycles. The molecule has 0 fully saturated rings. The third-order valence-electron chi connectivity index (χ3n) is 21.6. The van der Waals surface area contributed by atoms with Crippen molar-refractivity contribution in [2.75, 3.05) is 0 Å². The number of fused-ring (bicyclic) bond motifs is 18. The second-order valence-electron chi connectivity index (χ2n) is 28.0. The van der Waals surface area contributed by atoms with Gasteiger partial charge in [-0.3, -0.25) is 53.6 Å². The minimum absolute atomic E-state index is 0.464. The van der Waals surface area contributed by atoms with Crippen LogP contribution in [0.1, 0.15) is 11.1 Å². The van der Waals surface area contributed by atoms with Crippen molar-refractivity contribution in [3.05, 3.63) is 347 Å². The predicted molar refractivity (Wildman–Crippen MR) is 450 cm³/mol. The van der Waals surface area contributed by atoms with Crippen LogP contribution in [-0.4, -0.2) is 101 Å². The lowest BCUT2D eigenvalue weighted by Gasteiger charge is -2.15. The van der Waals surface area contributed by atoms with Crippen molar-refractivity contribution in [2.45, 2.75) is 13.8 Å². The maximum atomic E-state index is 4.90. The van der Waals surface area contributed by atoms with Gasteiger partial charge in [0, 0.05) is 171 Å². The highest BCUT2D eigenvalue weighted by Crippen LogP contribution is 2.41. The van der Waals surface area contributed by atoms with Crippen LogP contribution in [0.15, 0.2) is 336 Å². The quantitative estimate of drug-likeness (QED) is 0.132. The largest absolute Gasteiger partial charge is 0.309 e. The molecule has 24 aromatic rings. The number of rotatable bonds is 9. The molecule has 0 aliphatic heterocycles. The van der Waals surface area contributed by atoms with Gasteiger partial charge in [0.2, 0.25) is 17.8 Å². The first-order chi connectivity index (χ1) is 56.4. The smallest absolute Gasteiger partial charge is 0.241 e. The Kier molecular flexibility index (Phi) is 15.1. The Bertz CT molecular complexity index is 7490. The molecule has 0 radical (unpaired) electrons. The van der Waals surface area contributed by atoms with E-state index in [1.165, 1.54) is 22.3 Å². The van der Waals surface area contributed by atoms with E-state index in [1.54, 1.807) is 52.8 Å². The molecule has 17 aromatic heterocycles. The Morgan fingerprint density at radius 1 is 0.219 bits per heavy atom. The van der Waals surface area contributed by atoms with Crippen LogP contribution >= 0.6 is 0 Å². The lowest BCUT2D eigenvalue weighted by Crippen LogP contribution is -2.12. The van der Waals surface area contributed by atoms with Gasteiger partial charge in [-0.05, 0) is 194 Å². The summed E-state index contributed by atoms with van der Waals surface area (Å²) in [5.74, 6) is 1.42. The third kappa shape index (κ3) is 10.4. The maximum Gasteiger partial charge on any atom is 0.241 e. The van der Waals surface area contributed by atoms with E-state index >= 15 is 0 Å². The van der Waals surface area contributed by atoms with E-state index in [-0.39, 0.29) is 0 Å². The van der Waals surface area contributed by atoms with Crippen LogP contribution in [0.5, 0.6) is 0 Å². The lowest BCUT2D eigenvalue weighted by atomic mass is 9.95. The van der Waals surface area contributed by atoms with E-state index in [0.717, 1.165) is 160 Å². The predicted octanol–water partition coefficient (Wildman–Crippen LogP) is 19.6. The molecule has 0 aliphatic rings. The molecule has 21 heteroatoms. The van der Waals surface area contributed by atoms with Crippen LogP contribution < -0.4 is 0 Å². The zero-order valence-corrected chi connectivity index (χ0v) is 61.1. The zero-order chi connectivity index (χ0) is 75.5. The second-order valence-corrected chi connectivity index (χ2v) is 28.0. The number of aromatic nitrogens is 21. The number of para-hydroxylation sites is 3. The third-order valence-corrected chi connectivity index (χ3v) is 21.6. The average molecular weight is 1470 g/mol. The van der Waals surface area contributed by atoms with Gasteiger partial charge >= 0.3 is 0 Å². The average Bonchev–Trinajstić information content (AvgIpc) is 1.57. The van der Waals surface area contributed by atoms with Gasteiger partial charge in [0.25, 0.3) is 0 Å². The summed E-state index contributed by atoms with van der Waals surface area (Å²) in [6.45, 7) is 4.38. The summed E-state index contributed by atoms with van der Waals surface area (Å²) >= 11 is 0. The Morgan fingerprint density at radius 3 is 0.956 bits per heavy atom. The summed E-state index contributed by atoms with van der Waals surface area (Å²) in [5, 5.41) is 8.82. The van der Waals surface area contributed by atoms with Crippen molar-refractivity contribution in [1.82, 2.24) is 101 Å². The number of imidazole rings is 2. The van der Waals surface area contributed by atoms with E-state index in [9.17, 15) is 0 Å². The van der Waals surface area contributed by atoms with Gasteiger partial charge in [0.15, 0.2) is 0 Å². The van der Waals surface area contributed by atoms with Gasteiger partial charge in [-0.2, -0.15) is 15.0 Å². The minimum atomic E-state index is 0.464. The normalized spacial score (nSPS) is 11.8. The van der Waals surface area contributed by atoms with Crippen molar-refractivity contribution in [3.8, 4) is 57.4 Å². The molecular weight excluding hydrogens is 1410 g/mol. The van der Waals surface area contributed by atoms with Crippen molar-refractivity contribution >= 4 is 131 Å². The molecular formula is C93H61N21. The van der Waals surface area contributed by atoms with Crippen molar-refractivity contribution in [2.24, 2.45) is 0 Å². The maximum absolute atomic E-state index is 4.90. The molecule has 0 saturated carbocycles. The number of aryl methyl sites for hydroxylation is 2. The van der Waals surface area contributed by atoms with Gasteiger partial charge in [0.05, 0.1) is 88.3 Å². The number of nitrogens with zero attached hydrogens (tertiary/aromatic N) is 21. The molecule has 0 aliphatic carbocycles. The molecule has 0 saturated heterocycles. The highest BCUT2D eigenvalue weighted by molar-refractivity contribution is 6.14. The van der Waals surface area contributed by atoms with E-state index in [2.05, 4.69) is 246 Å². The summed E-state index contributed by atoms with van der Waals surface area (Å²) in [6.07, 6.45) is 32.8. The van der Waals surface area contributed by atoms with Crippen LogP contribution in [0.25, 0.3) is 189 Å². The van der Waals surface area contributed by atoms with E-state index in [4.69, 9.17) is 24.9 Å². The lowest BCUT2D eigenvalue weighted by molar-refractivity contribution is 0.810. The van der Waals surface area contributed by atoms with Crippen molar-refractivity contribution in [3.63, 3.8) is 0 Å². The number of hydrogen-bond acceptors (Lipinski definition) is 13. The molecule has 24 rings (SSSR count). The van der Waals surface area contributed by atoms with Crippen LogP contribution in [-0.2, 0) is 0 Å². The van der Waals surface area contributed by atoms with Gasteiger partial charge < -0.3 is 22.8 Å². The fourth-order valence-electron chi connectivity index (χ4n) is 16.7. The number of pyridine rings is 8. The fraction of sp³-hybridized carbons (Fsp3) is 0.0215. The summed E-state index contributed by atoms with van der Waals surface area (Å²) in [6, 6.07) is 78.5. The van der Waals surface area contributed by atoms with E-state index in [1.807, 2.05) is 127 Å². The fourth-order valence-corrected chi connectivity index (χ4v) is 16.7. The molecule has 0 atom stereocenters. The zero-order valence-electron chi connectivity index (χ0n) is 61.1. The molecule has 0 bridgehead atoms. The highest BCUT2D eigenvalue weighted by Gasteiger charge is 2.24. The van der Waals surface area contributed by atoms with E-state index < -0.39 is 0 Å².